The Morgan fingerprint density at radius 3 is 2.81 bits per heavy atom. The summed E-state index contributed by atoms with van der Waals surface area (Å²) in [4.78, 5) is 28.8. The molecule has 7 heteroatoms. The molecule has 26 heavy (non-hydrogen) atoms. The van der Waals surface area contributed by atoms with Crippen LogP contribution in [-0.2, 0) is 0 Å². The molecule has 134 valence electrons. The highest BCUT2D eigenvalue weighted by Gasteiger charge is 2.25. The standard InChI is InChI=1S/C19H20N4O2S/c1-12-2-9-18(24)23(22-12)15-6-4-14(5-7-15)21-19(25)13-3-8-16-17(10-13)26-11-20-16/h2-3,8-11,14-15H,4-7H2,1H3,(H,21,25). The summed E-state index contributed by atoms with van der Waals surface area (Å²) in [5.41, 5.74) is 4.16. The highest BCUT2D eigenvalue weighted by atomic mass is 32.1. The normalized spacial score (nSPS) is 20.2. The van der Waals surface area contributed by atoms with Gasteiger partial charge in [-0.3, -0.25) is 9.59 Å². The molecule has 1 amide bonds. The Morgan fingerprint density at radius 1 is 1.19 bits per heavy atom. The van der Waals surface area contributed by atoms with Crippen LogP contribution in [0.2, 0.25) is 0 Å². The molecule has 0 spiro atoms. The van der Waals surface area contributed by atoms with E-state index in [0.717, 1.165) is 41.6 Å². The van der Waals surface area contributed by atoms with Gasteiger partial charge in [-0.1, -0.05) is 0 Å². The highest BCUT2D eigenvalue weighted by molar-refractivity contribution is 7.16. The SMILES string of the molecule is Cc1ccc(=O)n(C2CCC(NC(=O)c3ccc4ncsc4c3)CC2)n1. The number of nitrogens with one attached hydrogen (secondary N) is 1. The maximum absolute atomic E-state index is 12.5. The molecule has 2 aromatic heterocycles. The van der Waals surface area contributed by atoms with Crippen LogP contribution >= 0.6 is 11.3 Å². The molecule has 1 aromatic carbocycles. The Labute approximate surface area is 154 Å². The molecule has 0 unspecified atom stereocenters. The summed E-state index contributed by atoms with van der Waals surface area (Å²) in [5.74, 6) is -0.0467. The van der Waals surface area contributed by atoms with Crippen molar-refractivity contribution in [3.8, 4) is 0 Å². The summed E-state index contributed by atoms with van der Waals surface area (Å²) >= 11 is 1.53. The molecule has 0 atom stereocenters. The van der Waals surface area contributed by atoms with Gasteiger partial charge in [0.15, 0.2) is 0 Å². The fraction of sp³-hybridized carbons (Fsp3) is 0.368. The van der Waals surface area contributed by atoms with Crippen molar-refractivity contribution in [2.45, 2.75) is 44.7 Å². The Hall–Kier alpha value is -2.54. The molecule has 6 nitrogen and oxygen atoms in total. The second kappa shape index (κ2) is 6.99. The van der Waals surface area contributed by atoms with Gasteiger partial charge < -0.3 is 5.32 Å². The van der Waals surface area contributed by atoms with Crippen molar-refractivity contribution in [3.05, 3.63) is 57.5 Å². The molecular weight excluding hydrogens is 348 g/mol. The van der Waals surface area contributed by atoms with Gasteiger partial charge in [0.25, 0.3) is 11.5 Å². The van der Waals surface area contributed by atoms with Gasteiger partial charge in [-0.05, 0) is 56.9 Å². The van der Waals surface area contributed by atoms with Gasteiger partial charge in [0, 0.05) is 17.7 Å². The van der Waals surface area contributed by atoms with Crippen molar-refractivity contribution in [3.63, 3.8) is 0 Å². The van der Waals surface area contributed by atoms with Gasteiger partial charge in [0.1, 0.15) is 0 Å². The zero-order valence-electron chi connectivity index (χ0n) is 14.5. The lowest BCUT2D eigenvalue weighted by atomic mass is 9.91. The minimum absolute atomic E-state index is 0.0467. The second-order valence-corrected chi connectivity index (χ2v) is 7.66. The Kier molecular flexibility index (Phi) is 4.55. The number of carbonyl (C=O) groups is 1. The number of fused-ring (bicyclic) bond motifs is 1. The second-order valence-electron chi connectivity index (χ2n) is 6.77. The first-order chi connectivity index (χ1) is 12.6. The smallest absolute Gasteiger partial charge is 0.267 e. The molecule has 1 aliphatic carbocycles. The molecular formula is C19H20N4O2S. The molecule has 1 saturated carbocycles. The lowest BCUT2D eigenvalue weighted by molar-refractivity contribution is 0.0921. The van der Waals surface area contributed by atoms with Gasteiger partial charge in [-0.15, -0.1) is 11.3 Å². The highest BCUT2D eigenvalue weighted by Crippen LogP contribution is 2.27. The number of aromatic nitrogens is 3. The summed E-state index contributed by atoms with van der Waals surface area (Å²) in [7, 11) is 0. The van der Waals surface area contributed by atoms with Crippen molar-refractivity contribution >= 4 is 27.5 Å². The lowest BCUT2D eigenvalue weighted by Crippen LogP contribution is -2.39. The topological polar surface area (TPSA) is 76.9 Å². The molecule has 1 N–H and O–H groups in total. The van der Waals surface area contributed by atoms with Crippen molar-refractivity contribution in [2.24, 2.45) is 0 Å². The van der Waals surface area contributed by atoms with Gasteiger partial charge in [0.05, 0.1) is 27.5 Å². The van der Waals surface area contributed by atoms with Crippen molar-refractivity contribution in [1.29, 1.82) is 0 Å². The molecule has 0 bridgehead atoms. The van der Waals surface area contributed by atoms with Crippen LogP contribution in [0.25, 0.3) is 10.2 Å². The third kappa shape index (κ3) is 3.39. The van der Waals surface area contributed by atoms with E-state index in [1.165, 1.54) is 11.3 Å². The molecule has 0 radical (unpaired) electrons. The van der Waals surface area contributed by atoms with E-state index in [0.29, 0.717) is 5.56 Å². The van der Waals surface area contributed by atoms with Crippen LogP contribution in [0.1, 0.15) is 47.8 Å². The number of hydrogen-bond acceptors (Lipinski definition) is 5. The number of rotatable bonds is 3. The van der Waals surface area contributed by atoms with Crippen LogP contribution in [0, 0.1) is 6.92 Å². The Bertz CT molecular complexity index is 1000. The maximum atomic E-state index is 12.5. The van der Waals surface area contributed by atoms with E-state index in [1.807, 2.05) is 25.1 Å². The van der Waals surface area contributed by atoms with Gasteiger partial charge in [0.2, 0.25) is 0 Å². The van der Waals surface area contributed by atoms with E-state index in [2.05, 4.69) is 15.4 Å². The Balaban J connectivity index is 1.39. The number of amides is 1. The lowest BCUT2D eigenvalue weighted by Gasteiger charge is -2.29. The zero-order chi connectivity index (χ0) is 18.1. The van der Waals surface area contributed by atoms with Crippen LogP contribution in [0.5, 0.6) is 0 Å². The minimum Gasteiger partial charge on any atom is -0.349 e. The van der Waals surface area contributed by atoms with Gasteiger partial charge in [-0.25, -0.2) is 9.67 Å². The number of nitrogens with zero attached hydrogens (tertiary/aromatic N) is 3. The molecule has 1 fully saturated rings. The number of hydrogen-bond donors (Lipinski definition) is 1. The number of thiazole rings is 1. The van der Waals surface area contributed by atoms with E-state index >= 15 is 0 Å². The molecule has 2 heterocycles. The van der Waals surface area contributed by atoms with Crippen LogP contribution in [0.15, 0.2) is 40.6 Å². The van der Waals surface area contributed by atoms with E-state index in [4.69, 9.17) is 0 Å². The molecule has 0 aliphatic heterocycles. The molecule has 1 aliphatic rings. The predicted molar refractivity (Wildman–Crippen MR) is 102 cm³/mol. The summed E-state index contributed by atoms with van der Waals surface area (Å²) in [6.07, 6.45) is 3.38. The number of benzene rings is 1. The van der Waals surface area contributed by atoms with Crippen molar-refractivity contribution < 1.29 is 4.79 Å². The fourth-order valence-electron chi connectivity index (χ4n) is 3.51. The first kappa shape index (κ1) is 16.9. The summed E-state index contributed by atoms with van der Waals surface area (Å²) in [6, 6.07) is 9.16. The maximum Gasteiger partial charge on any atom is 0.267 e. The molecule has 4 rings (SSSR count). The summed E-state index contributed by atoms with van der Waals surface area (Å²) in [6.45, 7) is 1.89. The van der Waals surface area contributed by atoms with Crippen LogP contribution in [0.3, 0.4) is 0 Å². The zero-order valence-corrected chi connectivity index (χ0v) is 15.3. The quantitative estimate of drug-likeness (QED) is 0.771. The van der Waals surface area contributed by atoms with Crippen LogP contribution in [0.4, 0.5) is 0 Å². The van der Waals surface area contributed by atoms with E-state index in [-0.39, 0.29) is 23.6 Å². The first-order valence-electron chi connectivity index (χ1n) is 8.81. The summed E-state index contributed by atoms with van der Waals surface area (Å²) in [5, 5.41) is 7.49. The van der Waals surface area contributed by atoms with Crippen LogP contribution in [-0.4, -0.2) is 26.7 Å². The minimum atomic E-state index is -0.0547. The predicted octanol–water partition coefficient (Wildman–Crippen LogP) is 3.08. The average Bonchev–Trinajstić information content (AvgIpc) is 3.12. The average molecular weight is 368 g/mol. The van der Waals surface area contributed by atoms with Crippen molar-refractivity contribution in [2.75, 3.05) is 0 Å². The first-order valence-corrected chi connectivity index (χ1v) is 9.69. The van der Waals surface area contributed by atoms with Crippen LogP contribution < -0.4 is 10.9 Å². The third-order valence-electron chi connectivity index (χ3n) is 4.93. The molecule has 0 saturated heterocycles. The van der Waals surface area contributed by atoms with Crippen molar-refractivity contribution in [1.82, 2.24) is 20.1 Å². The largest absolute Gasteiger partial charge is 0.349 e. The van der Waals surface area contributed by atoms with Gasteiger partial charge >= 0.3 is 0 Å². The summed E-state index contributed by atoms with van der Waals surface area (Å²) < 4.78 is 2.62. The number of carbonyl (C=O) groups excluding carboxylic acids is 1. The van der Waals surface area contributed by atoms with E-state index in [1.54, 1.807) is 22.3 Å². The fourth-order valence-corrected chi connectivity index (χ4v) is 4.23. The molecule has 3 aromatic rings. The Morgan fingerprint density at radius 2 is 2.00 bits per heavy atom. The monoisotopic (exact) mass is 368 g/mol. The van der Waals surface area contributed by atoms with Gasteiger partial charge in [-0.2, -0.15) is 5.10 Å². The van der Waals surface area contributed by atoms with E-state index in [9.17, 15) is 9.59 Å². The number of aryl methyl sites for hydroxylation is 1. The van der Waals surface area contributed by atoms with E-state index < -0.39 is 0 Å². The third-order valence-corrected chi connectivity index (χ3v) is 5.72.